The molecule has 3 nitrogen and oxygen atoms in total. The van der Waals surface area contributed by atoms with Gasteiger partial charge in [-0.25, -0.2) is 0 Å². The summed E-state index contributed by atoms with van der Waals surface area (Å²) in [6.07, 6.45) is -4.45. The predicted molar refractivity (Wildman–Crippen MR) is 42.5 cm³/mol. The molecule has 0 aromatic heterocycles. The fourth-order valence-corrected chi connectivity index (χ4v) is 1.87. The van der Waals surface area contributed by atoms with Gasteiger partial charge in [-0.3, -0.25) is 4.79 Å². The molecule has 0 spiro atoms. The van der Waals surface area contributed by atoms with E-state index in [0.717, 1.165) is 0 Å². The third-order valence-electron chi connectivity index (χ3n) is 2.63. The highest BCUT2D eigenvalue weighted by molar-refractivity contribution is 5.70. The zero-order valence-corrected chi connectivity index (χ0v) is 7.42. The highest BCUT2D eigenvalue weighted by Gasteiger charge is 2.49. The molecule has 0 amide bonds. The standard InChI is InChI=1S/C8H12F3NO2/c9-8(10,11)6-2-1-4(12)3-5(6)7(13)14/h4-6H,1-3,12H2,(H,13,14). The van der Waals surface area contributed by atoms with Crippen molar-refractivity contribution >= 4 is 5.97 Å². The Hall–Kier alpha value is -0.780. The lowest BCUT2D eigenvalue weighted by Gasteiger charge is -2.33. The van der Waals surface area contributed by atoms with Gasteiger partial charge in [0.25, 0.3) is 0 Å². The largest absolute Gasteiger partial charge is 0.481 e. The Morgan fingerprint density at radius 2 is 1.93 bits per heavy atom. The molecule has 3 N–H and O–H groups in total. The lowest BCUT2D eigenvalue weighted by Crippen LogP contribution is -2.43. The van der Waals surface area contributed by atoms with Gasteiger partial charge < -0.3 is 10.8 Å². The highest BCUT2D eigenvalue weighted by atomic mass is 19.4. The minimum absolute atomic E-state index is 0.0838. The summed E-state index contributed by atoms with van der Waals surface area (Å²) in [6, 6.07) is -0.422. The lowest BCUT2D eigenvalue weighted by molar-refractivity contribution is -0.203. The molecule has 0 aromatic carbocycles. The fraction of sp³-hybridized carbons (Fsp3) is 0.875. The third-order valence-corrected chi connectivity index (χ3v) is 2.63. The van der Waals surface area contributed by atoms with E-state index >= 15 is 0 Å². The molecule has 0 aliphatic heterocycles. The van der Waals surface area contributed by atoms with Crippen LogP contribution < -0.4 is 5.73 Å². The van der Waals surface area contributed by atoms with Gasteiger partial charge in [0.1, 0.15) is 0 Å². The van der Waals surface area contributed by atoms with Crippen LogP contribution in [0.3, 0.4) is 0 Å². The third kappa shape index (κ3) is 2.37. The summed E-state index contributed by atoms with van der Waals surface area (Å²) < 4.78 is 37.1. The van der Waals surface area contributed by atoms with E-state index in [1.165, 1.54) is 0 Å². The van der Waals surface area contributed by atoms with E-state index in [0.29, 0.717) is 0 Å². The van der Waals surface area contributed by atoms with Crippen molar-refractivity contribution in [1.29, 1.82) is 0 Å². The molecular formula is C8H12F3NO2. The van der Waals surface area contributed by atoms with Gasteiger partial charge in [0.2, 0.25) is 0 Å². The van der Waals surface area contributed by atoms with Crippen LogP contribution >= 0.6 is 0 Å². The molecule has 1 fully saturated rings. The van der Waals surface area contributed by atoms with Crippen LogP contribution in [0.25, 0.3) is 0 Å². The van der Waals surface area contributed by atoms with Crippen LogP contribution in [0.1, 0.15) is 19.3 Å². The summed E-state index contributed by atoms with van der Waals surface area (Å²) in [7, 11) is 0. The van der Waals surface area contributed by atoms with Crippen LogP contribution in [0.5, 0.6) is 0 Å². The Labute approximate surface area is 79.1 Å². The molecule has 1 aliphatic carbocycles. The zero-order valence-electron chi connectivity index (χ0n) is 7.42. The van der Waals surface area contributed by atoms with Crippen LogP contribution in [0.15, 0.2) is 0 Å². The summed E-state index contributed by atoms with van der Waals surface area (Å²) in [6.45, 7) is 0. The minimum Gasteiger partial charge on any atom is -0.481 e. The molecule has 0 heterocycles. The number of carboxylic acids is 1. The number of rotatable bonds is 1. The summed E-state index contributed by atoms with van der Waals surface area (Å²) in [4.78, 5) is 10.6. The quantitative estimate of drug-likeness (QED) is 0.688. The van der Waals surface area contributed by atoms with Crippen LogP contribution in [0.2, 0.25) is 0 Å². The molecule has 82 valence electrons. The van der Waals surface area contributed by atoms with Crippen LogP contribution in [-0.4, -0.2) is 23.3 Å². The van der Waals surface area contributed by atoms with E-state index in [4.69, 9.17) is 10.8 Å². The number of carbonyl (C=O) groups is 1. The van der Waals surface area contributed by atoms with Crippen molar-refractivity contribution in [2.75, 3.05) is 0 Å². The van der Waals surface area contributed by atoms with Gasteiger partial charge in [-0.2, -0.15) is 13.2 Å². The second-order valence-electron chi connectivity index (χ2n) is 3.67. The Kier molecular flexibility index (Phi) is 3.04. The Morgan fingerprint density at radius 3 is 2.36 bits per heavy atom. The van der Waals surface area contributed by atoms with Gasteiger partial charge in [0, 0.05) is 6.04 Å². The van der Waals surface area contributed by atoms with Crippen molar-refractivity contribution in [2.45, 2.75) is 31.5 Å². The summed E-state index contributed by atoms with van der Waals surface area (Å²) in [5, 5.41) is 8.63. The monoisotopic (exact) mass is 211 g/mol. The van der Waals surface area contributed by atoms with E-state index in [2.05, 4.69) is 0 Å². The van der Waals surface area contributed by atoms with E-state index in [9.17, 15) is 18.0 Å². The molecule has 0 aromatic rings. The average Bonchev–Trinajstić information content (AvgIpc) is 2.01. The molecule has 0 bridgehead atoms. The normalized spacial score (nSPS) is 34.1. The van der Waals surface area contributed by atoms with Crippen molar-refractivity contribution in [1.82, 2.24) is 0 Å². The maximum Gasteiger partial charge on any atom is 0.392 e. The summed E-state index contributed by atoms with van der Waals surface area (Å²) in [5.74, 6) is -4.51. The number of aliphatic carboxylic acids is 1. The van der Waals surface area contributed by atoms with Gasteiger partial charge >= 0.3 is 12.1 Å². The first-order valence-electron chi connectivity index (χ1n) is 4.37. The van der Waals surface area contributed by atoms with Crippen molar-refractivity contribution in [3.8, 4) is 0 Å². The number of alkyl halides is 3. The molecule has 0 saturated heterocycles. The number of halogens is 3. The fourth-order valence-electron chi connectivity index (χ4n) is 1.87. The first-order chi connectivity index (χ1) is 6.32. The highest BCUT2D eigenvalue weighted by Crippen LogP contribution is 2.41. The lowest BCUT2D eigenvalue weighted by atomic mass is 9.77. The van der Waals surface area contributed by atoms with Crippen molar-refractivity contribution in [3.05, 3.63) is 0 Å². The molecule has 0 radical (unpaired) electrons. The van der Waals surface area contributed by atoms with Gasteiger partial charge in [-0.05, 0) is 19.3 Å². The molecule has 1 rings (SSSR count). The molecule has 14 heavy (non-hydrogen) atoms. The SMILES string of the molecule is NC1CCC(C(F)(F)F)C(C(=O)O)C1. The smallest absolute Gasteiger partial charge is 0.392 e. The first-order valence-corrected chi connectivity index (χ1v) is 4.37. The Balaban J connectivity index is 2.78. The van der Waals surface area contributed by atoms with Crippen molar-refractivity contribution < 1.29 is 23.1 Å². The maximum atomic E-state index is 12.4. The average molecular weight is 211 g/mol. The van der Waals surface area contributed by atoms with Gasteiger partial charge in [0.15, 0.2) is 0 Å². The van der Waals surface area contributed by atoms with E-state index in [1.54, 1.807) is 0 Å². The molecule has 1 saturated carbocycles. The topological polar surface area (TPSA) is 63.3 Å². The van der Waals surface area contributed by atoms with E-state index in [-0.39, 0.29) is 19.3 Å². The molecule has 6 heteroatoms. The number of carboxylic acid groups (broad SMARTS) is 1. The predicted octanol–water partition coefficient (Wildman–Crippen LogP) is 1.38. The van der Waals surface area contributed by atoms with Gasteiger partial charge in [0.05, 0.1) is 11.8 Å². The van der Waals surface area contributed by atoms with E-state index in [1.807, 2.05) is 0 Å². The van der Waals surface area contributed by atoms with Crippen molar-refractivity contribution in [2.24, 2.45) is 17.6 Å². The second-order valence-corrected chi connectivity index (χ2v) is 3.67. The number of hydrogen-bond donors (Lipinski definition) is 2. The van der Waals surface area contributed by atoms with Crippen LogP contribution in [0, 0.1) is 11.8 Å². The Bertz CT molecular complexity index is 229. The van der Waals surface area contributed by atoms with Crippen molar-refractivity contribution in [3.63, 3.8) is 0 Å². The first kappa shape index (κ1) is 11.3. The number of hydrogen-bond acceptors (Lipinski definition) is 2. The van der Waals surface area contributed by atoms with Crippen LogP contribution in [0.4, 0.5) is 13.2 Å². The molecule has 3 atom stereocenters. The number of nitrogens with two attached hydrogens (primary N) is 1. The zero-order chi connectivity index (χ0) is 10.9. The molecule has 3 unspecified atom stereocenters. The van der Waals surface area contributed by atoms with E-state index < -0.39 is 30.0 Å². The van der Waals surface area contributed by atoms with Gasteiger partial charge in [-0.1, -0.05) is 0 Å². The van der Waals surface area contributed by atoms with Gasteiger partial charge in [-0.15, -0.1) is 0 Å². The summed E-state index contributed by atoms with van der Waals surface area (Å²) >= 11 is 0. The molecule has 1 aliphatic rings. The second kappa shape index (κ2) is 3.76. The summed E-state index contributed by atoms with van der Waals surface area (Å²) in [5.41, 5.74) is 5.44. The van der Waals surface area contributed by atoms with Crippen LogP contribution in [-0.2, 0) is 4.79 Å². The maximum absolute atomic E-state index is 12.4. The Morgan fingerprint density at radius 1 is 1.36 bits per heavy atom. The molecular weight excluding hydrogens is 199 g/mol. The minimum atomic E-state index is -4.43.